The van der Waals surface area contributed by atoms with Crippen molar-refractivity contribution in [2.45, 2.75) is 37.7 Å². The van der Waals surface area contributed by atoms with Crippen molar-refractivity contribution in [1.82, 2.24) is 0 Å². The smallest absolute Gasteiger partial charge is 0.123 e. The van der Waals surface area contributed by atoms with Gasteiger partial charge in [0.15, 0.2) is 0 Å². The first kappa shape index (κ1) is 9.66. The first-order chi connectivity index (χ1) is 6.59. The Morgan fingerprint density at radius 2 is 1.93 bits per heavy atom. The van der Waals surface area contributed by atoms with E-state index >= 15 is 0 Å². The Morgan fingerprint density at radius 1 is 1.36 bits per heavy atom. The van der Waals surface area contributed by atoms with E-state index in [-0.39, 0.29) is 5.82 Å². The van der Waals surface area contributed by atoms with Crippen molar-refractivity contribution < 1.29 is 9.50 Å². The van der Waals surface area contributed by atoms with Crippen molar-refractivity contribution in [2.75, 3.05) is 0 Å². The van der Waals surface area contributed by atoms with Gasteiger partial charge >= 0.3 is 0 Å². The molecule has 1 aromatic carbocycles. The molecule has 0 saturated heterocycles. The van der Waals surface area contributed by atoms with Crippen LogP contribution in [0.5, 0.6) is 0 Å². The monoisotopic (exact) mass is 194 g/mol. The fraction of sp³-hybridized carbons (Fsp3) is 0.500. The number of benzene rings is 1. The highest BCUT2D eigenvalue weighted by Crippen LogP contribution is 2.42. The van der Waals surface area contributed by atoms with Gasteiger partial charge in [-0.25, -0.2) is 4.39 Å². The van der Waals surface area contributed by atoms with Crippen LogP contribution < -0.4 is 0 Å². The topological polar surface area (TPSA) is 20.2 Å². The van der Waals surface area contributed by atoms with Crippen LogP contribution >= 0.6 is 0 Å². The molecule has 2 heteroatoms. The predicted octanol–water partition coefficient (Wildman–Crippen LogP) is 2.84. The number of halogens is 1. The SMILES string of the molecule is C[C@H](CC1(O)CC1)c1ccc(F)cc1. The molecule has 1 saturated carbocycles. The summed E-state index contributed by atoms with van der Waals surface area (Å²) in [6.07, 6.45) is 2.62. The standard InChI is InChI=1S/C12H15FO/c1-9(8-12(14)6-7-12)10-2-4-11(13)5-3-10/h2-5,9,14H,6-8H2,1H3/t9-/m1/s1. The lowest BCUT2D eigenvalue weighted by molar-refractivity contribution is 0.132. The van der Waals surface area contributed by atoms with Crippen LogP contribution in [-0.4, -0.2) is 10.7 Å². The molecule has 0 aliphatic heterocycles. The van der Waals surface area contributed by atoms with Gasteiger partial charge in [-0.1, -0.05) is 19.1 Å². The zero-order chi connectivity index (χ0) is 10.2. The number of aliphatic hydroxyl groups is 1. The van der Waals surface area contributed by atoms with Gasteiger partial charge in [-0.3, -0.25) is 0 Å². The second kappa shape index (κ2) is 3.35. The molecule has 1 aliphatic rings. The number of hydrogen-bond acceptors (Lipinski definition) is 1. The second-order valence-corrected chi connectivity index (χ2v) is 4.38. The van der Waals surface area contributed by atoms with Crippen LogP contribution in [0.2, 0.25) is 0 Å². The average Bonchev–Trinajstić information content (AvgIpc) is 2.84. The highest BCUT2D eigenvalue weighted by Gasteiger charge is 2.41. The zero-order valence-electron chi connectivity index (χ0n) is 8.33. The van der Waals surface area contributed by atoms with Gasteiger partial charge < -0.3 is 5.11 Å². The molecule has 0 bridgehead atoms. The molecule has 0 amide bonds. The summed E-state index contributed by atoms with van der Waals surface area (Å²) < 4.78 is 12.7. The summed E-state index contributed by atoms with van der Waals surface area (Å²) in [6.45, 7) is 2.07. The Bertz CT molecular complexity index is 314. The van der Waals surface area contributed by atoms with Crippen LogP contribution in [0.4, 0.5) is 4.39 Å². The molecule has 1 N–H and O–H groups in total. The van der Waals surface area contributed by atoms with Gasteiger partial charge in [-0.05, 0) is 42.9 Å². The molecule has 2 rings (SSSR count). The molecule has 14 heavy (non-hydrogen) atoms. The van der Waals surface area contributed by atoms with E-state index in [1.54, 1.807) is 12.1 Å². The van der Waals surface area contributed by atoms with Crippen LogP contribution in [0.25, 0.3) is 0 Å². The van der Waals surface area contributed by atoms with Crippen LogP contribution in [-0.2, 0) is 0 Å². The molecule has 0 aromatic heterocycles. The van der Waals surface area contributed by atoms with E-state index in [0.29, 0.717) is 5.92 Å². The van der Waals surface area contributed by atoms with Crippen molar-refractivity contribution >= 4 is 0 Å². The first-order valence-electron chi connectivity index (χ1n) is 5.07. The lowest BCUT2D eigenvalue weighted by Crippen LogP contribution is -2.11. The molecule has 1 aromatic rings. The molecule has 0 unspecified atom stereocenters. The maximum Gasteiger partial charge on any atom is 0.123 e. The van der Waals surface area contributed by atoms with Gasteiger partial charge in [0.1, 0.15) is 5.82 Å². The summed E-state index contributed by atoms with van der Waals surface area (Å²) >= 11 is 0. The summed E-state index contributed by atoms with van der Waals surface area (Å²) in [7, 11) is 0. The van der Waals surface area contributed by atoms with E-state index in [1.807, 2.05) is 0 Å². The van der Waals surface area contributed by atoms with Gasteiger partial charge in [-0.15, -0.1) is 0 Å². The van der Waals surface area contributed by atoms with E-state index in [2.05, 4.69) is 6.92 Å². The average molecular weight is 194 g/mol. The molecule has 1 atom stereocenters. The van der Waals surface area contributed by atoms with Crippen molar-refractivity contribution in [3.8, 4) is 0 Å². The third kappa shape index (κ3) is 2.13. The van der Waals surface area contributed by atoms with Gasteiger partial charge in [0.25, 0.3) is 0 Å². The maximum absolute atomic E-state index is 12.7. The minimum atomic E-state index is -0.423. The Balaban J connectivity index is 2.03. The summed E-state index contributed by atoms with van der Waals surface area (Å²) in [5.41, 5.74) is 0.681. The van der Waals surface area contributed by atoms with Crippen molar-refractivity contribution in [2.24, 2.45) is 0 Å². The predicted molar refractivity (Wildman–Crippen MR) is 53.6 cm³/mol. The summed E-state index contributed by atoms with van der Waals surface area (Å²) in [4.78, 5) is 0. The normalized spacial score (nSPS) is 20.5. The molecule has 76 valence electrons. The van der Waals surface area contributed by atoms with E-state index in [4.69, 9.17) is 0 Å². The lowest BCUT2D eigenvalue weighted by atomic mass is 9.94. The first-order valence-corrected chi connectivity index (χ1v) is 5.07. The Morgan fingerprint density at radius 3 is 2.43 bits per heavy atom. The molecular weight excluding hydrogens is 179 g/mol. The summed E-state index contributed by atoms with van der Waals surface area (Å²) in [6, 6.07) is 6.54. The second-order valence-electron chi connectivity index (χ2n) is 4.38. The molecule has 0 spiro atoms. The maximum atomic E-state index is 12.7. The van der Waals surface area contributed by atoms with Gasteiger partial charge in [0, 0.05) is 0 Å². The molecule has 0 radical (unpaired) electrons. The number of rotatable bonds is 3. The Labute approximate surface area is 83.6 Å². The Kier molecular flexibility index (Phi) is 2.31. The van der Waals surface area contributed by atoms with Crippen LogP contribution in [0.1, 0.15) is 37.7 Å². The third-order valence-electron chi connectivity index (χ3n) is 2.95. The minimum Gasteiger partial charge on any atom is -0.390 e. The van der Waals surface area contributed by atoms with E-state index in [1.165, 1.54) is 12.1 Å². The van der Waals surface area contributed by atoms with Gasteiger partial charge in [0.05, 0.1) is 5.60 Å². The van der Waals surface area contributed by atoms with E-state index in [0.717, 1.165) is 24.8 Å². The lowest BCUT2D eigenvalue weighted by Gasteiger charge is -2.15. The molecule has 1 aliphatic carbocycles. The summed E-state index contributed by atoms with van der Waals surface area (Å²) in [5, 5.41) is 9.74. The van der Waals surface area contributed by atoms with Crippen molar-refractivity contribution in [1.29, 1.82) is 0 Å². The highest BCUT2D eigenvalue weighted by atomic mass is 19.1. The zero-order valence-corrected chi connectivity index (χ0v) is 8.33. The quantitative estimate of drug-likeness (QED) is 0.784. The van der Waals surface area contributed by atoms with Crippen LogP contribution in [0.3, 0.4) is 0 Å². The van der Waals surface area contributed by atoms with E-state index in [9.17, 15) is 9.50 Å². The van der Waals surface area contributed by atoms with Crippen molar-refractivity contribution in [3.63, 3.8) is 0 Å². The third-order valence-corrected chi connectivity index (χ3v) is 2.95. The molecule has 1 nitrogen and oxygen atoms in total. The Hall–Kier alpha value is -0.890. The molecule has 0 heterocycles. The number of hydrogen-bond donors (Lipinski definition) is 1. The van der Waals surface area contributed by atoms with Crippen LogP contribution in [0, 0.1) is 5.82 Å². The van der Waals surface area contributed by atoms with E-state index < -0.39 is 5.60 Å². The molecule has 1 fully saturated rings. The van der Waals surface area contributed by atoms with Crippen LogP contribution in [0.15, 0.2) is 24.3 Å². The van der Waals surface area contributed by atoms with Gasteiger partial charge in [-0.2, -0.15) is 0 Å². The highest BCUT2D eigenvalue weighted by molar-refractivity contribution is 5.21. The summed E-state index contributed by atoms with van der Waals surface area (Å²) in [5.74, 6) is 0.106. The minimum absolute atomic E-state index is 0.203. The van der Waals surface area contributed by atoms with Crippen molar-refractivity contribution in [3.05, 3.63) is 35.6 Å². The van der Waals surface area contributed by atoms with Gasteiger partial charge in [0.2, 0.25) is 0 Å². The fourth-order valence-electron chi connectivity index (χ4n) is 1.83. The fourth-order valence-corrected chi connectivity index (χ4v) is 1.83. The largest absolute Gasteiger partial charge is 0.390 e. The molecular formula is C12H15FO.